The number of ether oxygens (including phenoxy) is 1. The van der Waals surface area contributed by atoms with Crippen LogP contribution in [0.2, 0.25) is 0 Å². The first-order valence-corrected chi connectivity index (χ1v) is 6.41. The van der Waals surface area contributed by atoms with Crippen LogP contribution in [-0.2, 0) is 6.54 Å². The van der Waals surface area contributed by atoms with E-state index in [1.54, 1.807) is 0 Å². The van der Waals surface area contributed by atoms with Crippen LogP contribution in [0.1, 0.15) is 18.4 Å². The van der Waals surface area contributed by atoms with Crippen molar-refractivity contribution in [2.45, 2.75) is 25.5 Å². The van der Waals surface area contributed by atoms with Crippen molar-refractivity contribution >= 4 is 0 Å². The van der Waals surface area contributed by atoms with Gasteiger partial charge in [0.2, 0.25) is 0 Å². The largest absolute Gasteiger partial charge is 0.490 e. The minimum atomic E-state index is 0.444. The Morgan fingerprint density at radius 3 is 2.44 bits per heavy atom. The number of hydrogen-bond acceptors (Lipinski definition) is 2. The van der Waals surface area contributed by atoms with Crippen LogP contribution in [0.15, 0.2) is 48.5 Å². The van der Waals surface area contributed by atoms with Crippen molar-refractivity contribution in [3.8, 4) is 16.9 Å². The molecule has 0 aliphatic heterocycles. The zero-order chi connectivity index (χ0) is 12.4. The van der Waals surface area contributed by atoms with E-state index in [-0.39, 0.29) is 0 Å². The van der Waals surface area contributed by atoms with Crippen LogP contribution in [0, 0.1) is 0 Å². The quantitative estimate of drug-likeness (QED) is 0.888. The molecule has 2 aromatic carbocycles. The summed E-state index contributed by atoms with van der Waals surface area (Å²) in [5.74, 6) is 0.970. The molecule has 2 N–H and O–H groups in total. The lowest BCUT2D eigenvalue weighted by Crippen LogP contribution is -1.96. The molecule has 1 fully saturated rings. The lowest BCUT2D eigenvalue weighted by Gasteiger charge is -2.07. The molecule has 18 heavy (non-hydrogen) atoms. The zero-order valence-corrected chi connectivity index (χ0v) is 10.3. The third-order valence-electron chi connectivity index (χ3n) is 3.18. The predicted molar refractivity (Wildman–Crippen MR) is 73.4 cm³/mol. The number of rotatable bonds is 4. The van der Waals surface area contributed by atoms with E-state index in [2.05, 4.69) is 36.4 Å². The summed E-state index contributed by atoms with van der Waals surface area (Å²) < 4.78 is 5.81. The molecule has 0 atom stereocenters. The molecule has 0 unspecified atom stereocenters. The van der Waals surface area contributed by atoms with Crippen molar-refractivity contribution < 1.29 is 4.74 Å². The molecule has 0 amide bonds. The fourth-order valence-corrected chi connectivity index (χ4v) is 1.96. The summed E-state index contributed by atoms with van der Waals surface area (Å²) in [4.78, 5) is 0. The molecule has 1 aliphatic carbocycles. The fourth-order valence-electron chi connectivity index (χ4n) is 1.96. The SMILES string of the molecule is NCc1ccc(-c2cccc(OC3CC3)c2)cc1. The molecule has 3 rings (SSSR count). The zero-order valence-electron chi connectivity index (χ0n) is 10.3. The maximum Gasteiger partial charge on any atom is 0.120 e. The highest BCUT2D eigenvalue weighted by atomic mass is 16.5. The van der Waals surface area contributed by atoms with Crippen LogP contribution >= 0.6 is 0 Å². The van der Waals surface area contributed by atoms with Crippen molar-refractivity contribution in [3.63, 3.8) is 0 Å². The van der Waals surface area contributed by atoms with Gasteiger partial charge in [0.25, 0.3) is 0 Å². The van der Waals surface area contributed by atoms with Gasteiger partial charge in [-0.25, -0.2) is 0 Å². The highest BCUT2D eigenvalue weighted by Crippen LogP contribution is 2.29. The van der Waals surface area contributed by atoms with Gasteiger partial charge in [0, 0.05) is 6.54 Å². The molecular formula is C16H17NO. The molecule has 2 nitrogen and oxygen atoms in total. The van der Waals surface area contributed by atoms with Crippen LogP contribution in [-0.4, -0.2) is 6.10 Å². The molecule has 0 saturated heterocycles. The second-order valence-corrected chi connectivity index (χ2v) is 4.75. The van der Waals surface area contributed by atoms with Gasteiger partial charge in [-0.2, -0.15) is 0 Å². The molecule has 0 radical (unpaired) electrons. The number of benzene rings is 2. The Kier molecular flexibility index (Phi) is 3.03. The summed E-state index contributed by atoms with van der Waals surface area (Å²) in [6.07, 6.45) is 2.82. The highest BCUT2D eigenvalue weighted by Gasteiger charge is 2.23. The van der Waals surface area contributed by atoms with Crippen LogP contribution in [0.25, 0.3) is 11.1 Å². The van der Waals surface area contributed by atoms with Gasteiger partial charge in [-0.05, 0) is 41.7 Å². The lowest BCUT2D eigenvalue weighted by molar-refractivity contribution is 0.303. The van der Waals surface area contributed by atoms with Crippen LogP contribution in [0.5, 0.6) is 5.75 Å². The molecule has 2 heteroatoms. The first kappa shape index (κ1) is 11.3. The summed E-state index contributed by atoms with van der Waals surface area (Å²) in [5, 5.41) is 0. The highest BCUT2D eigenvalue weighted by molar-refractivity contribution is 5.65. The summed E-state index contributed by atoms with van der Waals surface area (Å²) in [5.41, 5.74) is 9.15. The molecule has 1 aliphatic rings. The van der Waals surface area contributed by atoms with Gasteiger partial charge in [-0.15, -0.1) is 0 Å². The lowest BCUT2D eigenvalue weighted by atomic mass is 10.0. The van der Waals surface area contributed by atoms with Gasteiger partial charge in [0.15, 0.2) is 0 Å². The van der Waals surface area contributed by atoms with E-state index >= 15 is 0 Å². The van der Waals surface area contributed by atoms with E-state index in [0.29, 0.717) is 12.6 Å². The monoisotopic (exact) mass is 239 g/mol. The third kappa shape index (κ3) is 2.54. The fraction of sp³-hybridized carbons (Fsp3) is 0.250. The van der Waals surface area contributed by atoms with Crippen molar-refractivity contribution in [2.75, 3.05) is 0 Å². The van der Waals surface area contributed by atoms with Gasteiger partial charge < -0.3 is 10.5 Å². The molecule has 0 aromatic heterocycles. The standard InChI is InChI=1S/C16H17NO/c17-11-12-4-6-13(7-5-12)14-2-1-3-16(10-14)18-15-8-9-15/h1-7,10,15H,8-9,11,17H2. The summed E-state index contributed by atoms with van der Waals surface area (Å²) in [7, 11) is 0. The molecule has 0 heterocycles. The first-order chi connectivity index (χ1) is 8.85. The smallest absolute Gasteiger partial charge is 0.120 e. The van der Waals surface area contributed by atoms with Crippen LogP contribution in [0.3, 0.4) is 0 Å². The van der Waals surface area contributed by atoms with E-state index in [0.717, 1.165) is 11.3 Å². The van der Waals surface area contributed by atoms with Gasteiger partial charge in [0.05, 0.1) is 6.10 Å². The molecule has 0 spiro atoms. The Hall–Kier alpha value is -1.80. The Bertz CT molecular complexity index is 529. The molecule has 92 valence electrons. The first-order valence-electron chi connectivity index (χ1n) is 6.41. The van der Waals surface area contributed by atoms with Crippen molar-refractivity contribution in [2.24, 2.45) is 5.73 Å². The van der Waals surface area contributed by atoms with E-state index in [1.807, 2.05) is 12.1 Å². The second kappa shape index (κ2) is 4.83. The molecule has 0 bridgehead atoms. The maximum absolute atomic E-state index is 5.81. The maximum atomic E-state index is 5.81. The third-order valence-corrected chi connectivity index (χ3v) is 3.18. The summed E-state index contributed by atoms with van der Waals surface area (Å²) in [6.45, 7) is 0.588. The number of nitrogens with two attached hydrogens (primary N) is 1. The van der Waals surface area contributed by atoms with E-state index in [1.165, 1.54) is 24.0 Å². The summed E-state index contributed by atoms with van der Waals surface area (Å²) in [6, 6.07) is 16.7. The van der Waals surface area contributed by atoms with E-state index in [9.17, 15) is 0 Å². The molecule has 2 aromatic rings. The Morgan fingerprint density at radius 1 is 1.00 bits per heavy atom. The van der Waals surface area contributed by atoms with E-state index < -0.39 is 0 Å². The molecule has 1 saturated carbocycles. The average molecular weight is 239 g/mol. The summed E-state index contributed by atoms with van der Waals surface area (Å²) >= 11 is 0. The van der Waals surface area contributed by atoms with Crippen LogP contribution < -0.4 is 10.5 Å². The Morgan fingerprint density at radius 2 is 1.78 bits per heavy atom. The Balaban J connectivity index is 1.84. The number of hydrogen-bond donors (Lipinski definition) is 1. The minimum Gasteiger partial charge on any atom is -0.490 e. The van der Waals surface area contributed by atoms with Crippen molar-refractivity contribution in [3.05, 3.63) is 54.1 Å². The van der Waals surface area contributed by atoms with Crippen molar-refractivity contribution in [1.29, 1.82) is 0 Å². The second-order valence-electron chi connectivity index (χ2n) is 4.75. The van der Waals surface area contributed by atoms with E-state index in [4.69, 9.17) is 10.5 Å². The molecular weight excluding hydrogens is 222 g/mol. The Labute approximate surface area is 107 Å². The average Bonchev–Trinajstić information content (AvgIpc) is 3.23. The van der Waals surface area contributed by atoms with Gasteiger partial charge in [-0.1, -0.05) is 36.4 Å². The van der Waals surface area contributed by atoms with Gasteiger partial charge in [-0.3, -0.25) is 0 Å². The topological polar surface area (TPSA) is 35.2 Å². The van der Waals surface area contributed by atoms with Gasteiger partial charge in [0.1, 0.15) is 5.75 Å². The minimum absolute atomic E-state index is 0.444. The predicted octanol–water partition coefficient (Wildman–Crippen LogP) is 3.35. The van der Waals surface area contributed by atoms with Crippen LogP contribution in [0.4, 0.5) is 0 Å². The van der Waals surface area contributed by atoms with Crippen molar-refractivity contribution in [1.82, 2.24) is 0 Å². The normalized spacial score (nSPS) is 14.5. The van der Waals surface area contributed by atoms with Gasteiger partial charge >= 0.3 is 0 Å².